The van der Waals surface area contributed by atoms with Crippen LogP contribution in [0, 0.1) is 0 Å². The van der Waals surface area contributed by atoms with Gasteiger partial charge in [0.15, 0.2) is 0 Å². The highest BCUT2D eigenvalue weighted by Crippen LogP contribution is 2.23. The van der Waals surface area contributed by atoms with Crippen molar-refractivity contribution in [1.82, 2.24) is 0 Å². The highest BCUT2D eigenvalue weighted by atomic mass is 16.5. The van der Waals surface area contributed by atoms with Crippen LogP contribution < -0.4 is 10.1 Å². The van der Waals surface area contributed by atoms with Crippen LogP contribution in [-0.2, 0) is 0 Å². The number of furan rings is 1. The Hall–Kier alpha value is -1.90. The summed E-state index contributed by atoms with van der Waals surface area (Å²) in [7, 11) is 0. The smallest absolute Gasteiger partial charge is 0.121 e. The van der Waals surface area contributed by atoms with Crippen LogP contribution in [0.15, 0.2) is 47.3 Å². The lowest BCUT2D eigenvalue weighted by Gasteiger charge is -2.14. The highest BCUT2D eigenvalue weighted by molar-refractivity contribution is 5.49. The van der Waals surface area contributed by atoms with Gasteiger partial charge in [-0.1, -0.05) is 13.0 Å². The molecule has 0 saturated carbocycles. The minimum Gasteiger partial charge on any atom is -0.494 e. The number of hydrogen-bond donors (Lipinski definition) is 1. The number of ether oxygens (including phenoxy) is 1. The molecule has 1 aromatic heterocycles. The maximum atomic E-state index is 5.61. The topological polar surface area (TPSA) is 34.4 Å². The van der Waals surface area contributed by atoms with E-state index < -0.39 is 0 Å². The van der Waals surface area contributed by atoms with Gasteiger partial charge in [0, 0.05) is 17.3 Å². The lowest BCUT2D eigenvalue weighted by atomic mass is 10.1. The number of benzene rings is 1. The summed E-state index contributed by atoms with van der Waals surface area (Å²) in [5.41, 5.74) is 2.19. The van der Waals surface area contributed by atoms with Crippen LogP contribution in [0.5, 0.6) is 5.75 Å². The number of anilines is 1. The van der Waals surface area contributed by atoms with Crippen molar-refractivity contribution in [2.45, 2.75) is 26.3 Å². The highest BCUT2D eigenvalue weighted by Gasteiger charge is 2.06. The molecule has 0 amide bonds. The molecule has 0 aliphatic heterocycles. The van der Waals surface area contributed by atoms with Crippen molar-refractivity contribution >= 4 is 5.69 Å². The molecule has 3 nitrogen and oxygen atoms in total. The Balaban J connectivity index is 2.00. The molecule has 2 rings (SSSR count). The largest absolute Gasteiger partial charge is 0.494 e. The first-order valence-corrected chi connectivity index (χ1v) is 6.31. The first-order valence-electron chi connectivity index (χ1n) is 6.31. The van der Waals surface area contributed by atoms with Gasteiger partial charge in [0.05, 0.1) is 25.2 Å². The van der Waals surface area contributed by atoms with Gasteiger partial charge in [-0.25, -0.2) is 0 Å². The van der Waals surface area contributed by atoms with E-state index in [1.54, 1.807) is 12.5 Å². The second-order valence-electron chi connectivity index (χ2n) is 4.30. The Morgan fingerprint density at radius 3 is 2.94 bits per heavy atom. The van der Waals surface area contributed by atoms with Crippen molar-refractivity contribution in [3.8, 4) is 5.75 Å². The van der Waals surface area contributed by atoms with E-state index in [1.165, 1.54) is 0 Å². The van der Waals surface area contributed by atoms with Crippen LogP contribution in [0.2, 0.25) is 0 Å². The Kier molecular flexibility index (Phi) is 4.29. The van der Waals surface area contributed by atoms with E-state index in [9.17, 15) is 0 Å². The molecule has 3 heteroatoms. The van der Waals surface area contributed by atoms with E-state index >= 15 is 0 Å². The zero-order chi connectivity index (χ0) is 12.8. The predicted octanol–water partition coefficient (Wildman–Crippen LogP) is 4.24. The molecule has 0 saturated heterocycles. The number of hydrogen-bond acceptors (Lipinski definition) is 3. The quantitative estimate of drug-likeness (QED) is 0.826. The van der Waals surface area contributed by atoms with Crippen molar-refractivity contribution in [3.05, 3.63) is 48.4 Å². The van der Waals surface area contributed by atoms with Gasteiger partial charge in [0.25, 0.3) is 0 Å². The van der Waals surface area contributed by atoms with E-state index in [0.29, 0.717) is 0 Å². The third-order valence-corrected chi connectivity index (χ3v) is 2.73. The maximum Gasteiger partial charge on any atom is 0.121 e. The van der Waals surface area contributed by atoms with Gasteiger partial charge in [-0.05, 0) is 31.5 Å². The minimum absolute atomic E-state index is 0.213. The summed E-state index contributed by atoms with van der Waals surface area (Å²) < 4.78 is 10.7. The molecule has 0 aliphatic rings. The Morgan fingerprint density at radius 1 is 1.33 bits per heavy atom. The molecular formula is C15H19NO2. The fourth-order valence-corrected chi connectivity index (χ4v) is 1.75. The predicted molar refractivity (Wildman–Crippen MR) is 73.0 cm³/mol. The fraction of sp³-hybridized carbons (Fsp3) is 0.333. The minimum atomic E-state index is 0.213. The lowest BCUT2D eigenvalue weighted by molar-refractivity contribution is 0.317. The molecule has 2 aromatic rings. The molecule has 1 aromatic carbocycles. The van der Waals surface area contributed by atoms with E-state index in [2.05, 4.69) is 19.2 Å². The Labute approximate surface area is 108 Å². The van der Waals surface area contributed by atoms with Gasteiger partial charge in [0.1, 0.15) is 5.75 Å². The lowest BCUT2D eigenvalue weighted by Crippen LogP contribution is -2.05. The molecule has 0 spiro atoms. The van der Waals surface area contributed by atoms with Crippen LogP contribution in [0.1, 0.15) is 31.9 Å². The SMILES string of the molecule is CCCOc1cccc(NC(C)c2ccoc2)c1. The van der Waals surface area contributed by atoms with Gasteiger partial charge in [-0.3, -0.25) is 0 Å². The van der Waals surface area contributed by atoms with Crippen molar-refractivity contribution in [1.29, 1.82) is 0 Å². The van der Waals surface area contributed by atoms with Crippen LogP contribution in [0.25, 0.3) is 0 Å². The molecule has 1 atom stereocenters. The second kappa shape index (κ2) is 6.15. The van der Waals surface area contributed by atoms with E-state index in [1.807, 2.05) is 30.3 Å². The van der Waals surface area contributed by atoms with Crippen LogP contribution in [0.4, 0.5) is 5.69 Å². The molecule has 96 valence electrons. The Bertz CT molecular complexity index is 465. The molecule has 18 heavy (non-hydrogen) atoms. The molecule has 1 heterocycles. The van der Waals surface area contributed by atoms with Crippen LogP contribution in [-0.4, -0.2) is 6.61 Å². The van der Waals surface area contributed by atoms with Crippen molar-refractivity contribution in [3.63, 3.8) is 0 Å². The molecule has 1 N–H and O–H groups in total. The summed E-state index contributed by atoms with van der Waals surface area (Å²) >= 11 is 0. The summed E-state index contributed by atoms with van der Waals surface area (Å²) in [5.74, 6) is 0.904. The second-order valence-corrected chi connectivity index (χ2v) is 4.30. The summed E-state index contributed by atoms with van der Waals surface area (Å²) in [6.45, 7) is 4.95. The van der Waals surface area contributed by atoms with E-state index in [0.717, 1.165) is 30.0 Å². The maximum absolute atomic E-state index is 5.61. The zero-order valence-corrected chi connectivity index (χ0v) is 10.8. The molecule has 0 bridgehead atoms. The molecule has 0 aliphatic carbocycles. The summed E-state index contributed by atoms with van der Waals surface area (Å²) in [5, 5.41) is 3.42. The third-order valence-electron chi connectivity index (χ3n) is 2.73. The zero-order valence-electron chi connectivity index (χ0n) is 10.8. The normalized spacial score (nSPS) is 12.1. The average molecular weight is 245 g/mol. The average Bonchev–Trinajstić information content (AvgIpc) is 2.91. The van der Waals surface area contributed by atoms with Crippen molar-refractivity contribution < 1.29 is 9.15 Å². The summed E-state index contributed by atoms with van der Waals surface area (Å²) in [6.07, 6.45) is 4.46. The number of nitrogens with one attached hydrogen (secondary N) is 1. The van der Waals surface area contributed by atoms with Crippen molar-refractivity contribution in [2.75, 3.05) is 11.9 Å². The number of rotatable bonds is 6. The van der Waals surface area contributed by atoms with Crippen LogP contribution in [0.3, 0.4) is 0 Å². The molecule has 0 radical (unpaired) electrons. The van der Waals surface area contributed by atoms with Crippen molar-refractivity contribution in [2.24, 2.45) is 0 Å². The van der Waals surface area contributed by atoms with Gasteiger partial charge in [-0.15, -0.1) is 0 Å². The molecule has 0 fully saturated rings. The van der Waals surface area contributed by atoms with Gasteiger partial charge in [0.2, 0.25) is 0 Å². The molecule has 1 unspecified atom stereocenters. The standard InChI is InChI=1S/C15H19NO2/c1-3-8-18-15-6-4-5-14(10-15)16-12(2)13-7-9-17-11-13/h4-7,9-12,16H,3,8H2,1-2H3. The van der Waals surface area contributed by atoms with Gasteiger partial charge in [-0.2, -0.15) is 0 Å². The third kappa shape index (κ3) is 3.29. The summed E-state index contributed by atoms with van der Waals surface area (Å²) in [4.78, 5) is 0. The first kappa shape index (κ1) is 12.6. The summed E-state index contributed by atoms with van der Waals surface area (Å²) in [6, 6.07) is 10.2. The monoisotopic (exact) mass is 245 g/mol. The van der Waals surface area contributed by atoms with E-state index in [4.69, 9.17) is 9.15 Å². The Morgan fingerprint density at radius 2 is 2.22 bits per heavy atom. The van der Waals surface area contributed by atoms with Crippen LogP contribution >= 0.6 is 0 Å². The van der Waals surface area contributed by atoms with Gasteiger partial charge < -0.3 is 14.5 Å². The van der Waals surface area contributed by atoms with Gasteiger partial charge >= 0.3 is 0 Å². The molecular weight excluding hydrogens is 226 g/mol. The van der Waals surface area contributed by atoms with E-state index in [-0.39, 0.29) is 6.04 Å². The first-order chi connectivity index (χ1) is 8.79. The fourth-order valence-electron chi connectivity index (χ4n) is 1.75.